The highest BCUT2D eigenvalue weighted by atomic mass is 32.1. The number of benzene rings is 1. The minimum atomic E-state index is 0.362. The van der Waals surface area contributed by atoms with Gasteiger partial charge in [0.25, 0.3) is 0 Å². The van der Waals surface area contributed by atoms with Crippen LogP contribution in [-0.4, -0.2) is 14.5 Å². The third-order valence-corrected chi connectivity index (χ3v) is 5.42. The summed E-state index contributed by atoms with van der Waals surface area (Å²) in [7, 11) is 0. The Balaban J connectivity index is 1.52. The average molecular weight is 327 g/mol. The second-order valence-corrected chi connectivity index (χ2v) is 7.26. The van der Waals surface area contributed by atoms with Gasteiger partial charge in [0, 0.05) is 30.1 Å². The van der Waals surface area contributed by atoms with E-state index < -0.39 is 0 Å². The normalized spacial score (nSPS) is 14.7. The van der Waals surface area contributed by atoms with E-state index in [4.69, 9.17) is 4.98 Å². The van der Waals surface area contributed by atoms with Gasteiger partial charge in [-0.1, -0.05) is 12.1 Å². The van der Waals surface area contributed by atoms with Crippen molar-refractivity contribution in [3.05, 3.63) is 51.8 Å². The van der Waals surface area contributed by atoms with Crippen molar-refractivity contribution in [2.75, 3.05) is 0 Å². The predicted octanol–water partition coefficient (Wildman–Crippen LogP) is 3.89. The SMILES string of the molecule is Cc1ccc(CNCc2c(C)nc3scc(C4CC4)n23)cc1O. The maximum atomic E-state index is 9.80. The second-order valence-electron chi connectivity index (χ2n) is 6.42. The van der Waals surface area contributed by atoms with Crippen molar-refractivity contribution in [3.8, 4) is 5.75 Å². The van der Waals surface area contributed by atoms with E-state index in [1.54, 1.807) is 11.3 Å². The lowest BCUT2D eigenvalue weighted by atomic mass is 10.1. The van der Waals surface area contributed by atoms with E-state index in [9.17, 15) is 5.11 Å². The molecule has 120 valence electrons. The Kier molecular flexibility index (Phi) is 3.62. The van der Waals surface area contributed by atoms with Gasteiger partial charge in [-0.2, -0.15) is 0 Å². The molecule has 0 spiro atoms. The number of nitrogens with zero attached hydrogens (tertiary/aromatic N) is 2. The highest BCUT2D eigenvalue weighted by Gasteiger charge is 2.28. The maximum Gasteiger partial charge on any atom is 0.194 e. The zero-order valence-electron chi connectivity index (χ0n) is 13.5. The fraction of sp³-hybridized carbons (Fsp3) is 0.389. The number of imidazole rings is 1. The molecule has 4 nitrogen and oxygen atoms in total. The molecule has 4 rings (SSSR count). The largest absolute Gasteiger partial charge is 0.508 e. The first-order chi connectivity index (χ1) is 11.1. The van der Waals surface area contributed by atoms with E-state index in [0.29, 0.717) is 5.75 Å². The molecule has 1 saturated carbocycles. The molecule has 1 aliphatic carbocycles. The molecule has 3 aromatic rings. The smallest absolute Gasteiger partial charge is 0.194 e. The lowest BCUT2D eigenvalue weighted by Gasteiger charge is -2.08. The van der Waals surface area contributed by atoms with Gasteiger partial charge in [-0.25, -0.2) is 4.98 Å². The molecule has 2 N–H and O–H groups in total. The first-order valence-corrected chi connectivity index (χ1v) is 8.96. The van der Waals surface area contributed by atoms with Crippen molar-refractivity contribution in [2.45, 2.75) is 45.7 Å². The minimum absolute atomic E-state index is 0.362. The van der Waals surface area contributed by atoms with Crippen LogP contribution < -0.4 is 5.32 Å². The fourth-order valence-electron chi connectivity index (χ4n) is 3.00. The van der Waals surface area contributed by atoms with Crippen LogP contribution in [-0.2, 0) is 13.1 Å². The van der Waals surface area contributed by atoms with Gasteiger partial charge < -0.3 is 10.4 Å². The molecule has 1 fully saturated rings. The van der Waals surface area contributed by atoms with Gasteiger partial charge in [0.05, 0.1) is 11.4 Å². The van der Waals surface area contributed by atoms with Crippen LogP contribution in [0.4, 0.5) is 0 Å². The monoisotopic (exact) mass is 327 g/mol. The van der Waals surface area contributed by atoms with E-state index in [-0.39, 0.29) is 0 Å². The van der Waals surface area contributed by atoms with Crippen molar-refractivity contribution >= 4 is 16.3 Å². The van der Waals surface area contributed by atoms with Gasteiger partial charge >= 0.3 is 0 Å². The molecule has 2 heterocycles. The van der Waals surface area contributed by atoms with Crippen LogP contribution >= 0.6 is 11.3 Å². The molecule has 0 aliphatic heterocycles. The number of phenols is 1. The highest BCUT2D eigenvalue weighted by molar-refractivity contribution is 7.15. The summed E-state index contributed by atoms with van der Waals surface area (Å²) in [6, 6.07) is 5.85. The number of nitrogens with one attached hydrogen (secondary N) is 1. The lowest BCUT2D eigenvalue weighted by molar-refractivity contribution is 0.470. The molecular weight excluding hydrogens is 306 g/mol. The van der Waals surface area contributed by atoms with Gasteiger partial charge in [-0.05, 0) is 43.9 Å². The number of fused-ring (bicyclic) bond motifs is 1. The molecule has 0 amide bonds. The van der Waals surface area contributed by atoms with Gasteiger partial charge in [0.15, 0.2) is 4.96 Å². The summed E-state index contributed by atoms with van der Waals surface area (Å²) in [6.07, 6.45) is 2.61. The summed E-state index contributed by atoms with van der Waals surface area (Å²) in [5.74, 6) is 1.09. The summed E-state index contributed by atoms with van der Waals surface area (Å²) in [6.45, 7) is 5.53. The van der Waals surface area contributed by atoms with Crippen LogP contribution in [0, 0.1) is 13.8 Å². The Morgan fingerprint density at radius 2 is 2.13 bits per heavy atom. The molecule has 1 aliphatic rings. The third-order valence-electron chi connectivity index (χ3n) is 4.58. The number of rotatable bonds is 5. The Morgan fingerprint density at radius 1 is 1.30 bits per heavy atom. The Bertz CT molecular complexity index is 861. The Labute approximate surface area is 139 Å². The summed E-state index contributed by atoms with van der Waals surface area (Å²) >= 11 is 1.74. The number of aryl methyl sites for hydroxylation is 2. The van der Waals surface area contributed by atoms with E-state index in [2.05, 4.69) is 28.1 Å². The topological polar surface area (TPSA) is 49.6 Å². The summed E-state index contributed by atoms with van der Waals surface area (Å²) < 4.78 is 2.34. The number of thiazole rings is 1. The number of hydrogen-bond donors (Lipinski definition) is 2. The van der Waals surface area contributed by atoms with Crippen LogP contribution in [0.5, 0.6) is 5.75 Å². The molecule has 2 aromatic heterocycles. The van der Waals surface area contributed by atoms with Gasteiger partial charge in [-0.15, -0.1) is 11.3 Å². The molecule has 0 saturated heterocycles. The number of hydrogen-bond acceptors (Lipinski definition) is 4. The quantitative estimate of drug-likeness (QED) is 0.747. The minimum Gasteiger partial charge on any atom is -0.508 e. The second kappa shape index (κ2) is 5.65. The summed E-state index contributed by atoms with van der Waals surface area (Å²) in [4.78, 5) is 5.80. The zero-order chi connectivity index (χ0) is 16.0. The van der Waals surface area contributed by atoms with Crippen molar-refractivity contribution in [1.82, 2.24) is 14.7 Å². The Hall–Kier alpha value is -1.85. The number of aromatic hydroxyl groups is 1. The van der Waals surface area contributed by atoms with Gasteiger partial charge in [0.1, 0.15) is 5.75 Å². The molecule has 0 bridgehead atoms. The first kappa shape index (κ1) is 14.7. The molecule has 23 heavy (non-hydrogen) atoms. The van der Waals surface area contributed by atoms with Crippen LogP contribution in [0.15, 0.2) is 23.6 Å². The third kappa shape index (κ3) is 2.75. The van der Waals surface area contributed by atoms with E-state index in [0.717, 1.165) is 40.8 Å². The van der Waals surface area contributed by atoms with Crippen molar-refractivity contribution < 1.29 is 5.11 Å². The summed E-state index contributed by atoms with van der Waals surface area (Å²) in [5.41, 5.74) is 5.81. The van der Waals surface area contributed by atoms with Crippen molar-refractivity contribution in [2.24, 2.45) is 0 Å². The van der Waals surface area contributed by atoms with Gasteiger partial charge in [-0.3, -0.25) is 4.40 Å². The molecular formula is C18H21N3OS. The molecule has 0 radical (unpaired) electrons. The van der Waals surface area contributed by atoms with Crippen LogP contribution in [0.2, 0.25) is 0 Å². The average Bonchev–Trinajstić information content (AvgIpc) is 3.21. The van der Waals surface area contributed by atoms with Gasteiger partial charge in [0.2, 0.25) is 0 Å². The highest BCUT2D eigenvalue weighted by Crippen LogP contribution is 2.42. The van der Waals surface area contributed by atoms with E-state index in [1.165, 1.54) is 24.2 Å². The Morgan fingerprint density at radius 3 is 2.87 bits per heavy atom. The van der Waals surface area contributed by atoms with Crippen LogP contribution in [0.3, 0.4) is 0 Å². The van der Waals surface area contributed by atoms with Crippen LogP contribution in [0.25, 0.3) is 4.96 Å². The standard InChI is InChI=1S/C18H21N3OS/c1-11-3-4-13(7-17(11)22)8-19-9-15-12(2)20-18-21(15)16(10-23-18)14-5-6-14/h3-4,7,10,14,19,22H,5-6,8-9H2,1-2H3. The summed E-state index contributed by atoms with van der Waals surface area (Å²) in [5, 5.41) is 15.6. The fourth-order valence-corrected chi connectivity index (χ4v) is 4.04. The molecule has 1 aromatic carbocycles. The van der Waals surface area contributed by atoms with Crippen molar-refractivity contribution in [3.63, 3.8) is 0 Å². The molecule has 0 unspecified atom stereocenters. The van der Waals surface area contributed by atoms with E-state index in [1.807, 2.05) is 19.1 Å². The number of phenolic OH excluding ortho intramolecular Hbond substituents is 1. The van der Waals surface area contributed by atoms with Crippen molar-refractivity contribution in [1.29, 1.82) is 0 Å². The number of aromatic nitrogens is 2. The maximum absolute atomic E-state index is 9.80. The zero-order valence-corrected chi connectivity index (χ0v) is 14.3. The van der Waals surface area contributed by atoms with E-state index >= 15 is 0 Å². The molecule has 0 atom stereocenters. The predicted molar refractivity (Wildman–Crippen MR) is 93.2 cm³/mol. The van der Waals surface area contributed by atoms with Crippen LogP contribution in [0.1, 0.15) is 47.0 Å². The first-order valence-electron chi connectivity index (χ1n) is 8.08. The molecule has 5 heteroatoms. The lowest BCUT2D eigenvalue weighted by Crippen LogP contribution is -2.15.